The molecule has 0 unspecified atom stereocenters. The van der Waals surface area contributed by atoms with Crippen LogP contribution in [0.5, 0.6) is 0 Å². The predicted octanol–water partition coefficient (Wildman–Crippen LogP) is -1.16. The summed E-state index contributed by atoms with van der Waals surface area (Å²) in [5.74, 6) is -0.204. The first kappa shape index (κ1) is 9.52. The number of carbonyl (C=O) groups excluding carboxylic acids is 1. The third-order valence-electron chi connectivity index (χ3n) is 0.202. The van der Waals surface area contributed by atoms with Crippen LogP contribution >= 0.6 is 12.4 Å². The van der Waals surface area contributed by atoms with Gasteiger partial charge in [-0.3, -0.25) is 4.79 Å². The fourth-order valence-electron chi connectivity index (χ4n) is 0.0609. The maximum atomic E-state index is 9.27. The van der Waals surface area contributed by atoms with Crippen LogP contribution in [0.4, 0.5) is 0 Å². The maximum absolute atomic E-state index is 9.27. The summed E-state index contributed by atoms with van der Waals surface area (Å²) in [5.41, 5.74) is 9.40. The van der Waals surface area contributed by atoms with Gasteiger partial charge in [0.1, 0.15) is 0 Å². The number of halogens is 1. The first-order valence-electron chi connectivity index (χ1n) is 1.29. The number of aliphatic imine (C=N–C) groups is 1. The van der Waals surface area contributed by atoms with E-state index in [0.29, 0.717) is 0 Å². The van der Waals surface area contributed by atoms with Gasteiger partial charge in [-0.05, 0) is 0 Å². The highest BCUT2D eigenvalue weighted by molar-refractivity contribution is 5.85. The molecule has 0 radical (unpaired) electrons. The highest BCUT2D eigenvalue weighted by atomic mass is 35.5. The standard InChI is InChI=1S/C2H5N3O.ClH/c3-2(4)5-1-6;/h1H,(H4,3,4,5,6);1H. The number of rotatable bonds is 1. The van der Waals surface area contributed by atoms with E-state index in [4.69, 9.17) is 11.5 Å². The third kappa shape index (κ3) is 11.0. The van der Waals surface area contributed by atoms with E-state index in [0.717, 1.165) is 0 Å². The van der Waals surface area contributed by atoms with Gasteiger partial charge in [0.2, 0.25) is 6.41 Å². The molecular formula is C2H6ClN3O. The second-order valence-electron chi connectivity index (χ2n) is 0.659. The molecule has 0 spiro atoms. The van der Waals surface area contributed by atoms with Crippen LogP contribution < -0.4 is 11.5 Å². The van der Waals surface area contributed by atoms with Crippen molar-refractivity contribution < 1.29 is 4.79 Å². The average molecular weight is 124 g/mol. The van der Waals surface area contributed by atoms with Crippen molar-refractivity contribution in [2.24, 2.45) is 16.5 Å². The van der Waals surface area contributed by atoms with Crippen molar-refractivity contribution in [1.82, 2.24) is 0 Å². The molecule has 0 aliphatic rings. The summed E-state index contributed by atoms with van der Waals surface area (Å²) in [5, 5.41) is 0. The monoisotopic (exact) mass is 123 g/mol. The molecule has 0 heterocycles. The summed E-state index contributed by atoms with van der Waals surface area (Å²) >= 11 is 0. The first-order valence-corrected chi connectivity index (χ1v) is 1.29. The Kier molecular flexibility index (Phi) is 7.12. The summed E-state index contributed by atoms with van der Waals surface area (Å²) in [6.45, 7) is 0. The van der Waals surface area contributed by atoms with Gasteiger partial charge in [0.15, 0.2) is 5.96 Å². The van der Waals surface area contributed by atoms with Gasteiger partial charge >= 0.3 is 0 Å². The molecule has 0 aromatic heterocycles. The molecule has 7 heavy (non-hydrogen) atoms. The largest absolute Gasteiger partial charge is 0.370 e. The molecule has 42 valence electrons. The molecular weight excluding hydrogens is 117 g/mol. The van der Waals surface area contributed by atoms with Crippen molar-refractivity contribution in [2.75, 3.05) is 0 Å². The molecule has 0 aromatic rings. The van der Waals surface area contributed by atoms with Crippen LogP contribution in [-0.2, 0) is 4.79 Å². The van der Waals surface area contributed by atoms with E-state index in [-0.39, 0.29) is 24.8 Å². The fourth-order valence-corrected chi connectivity index (χ4v) is 0.0609. The Balaban J connectivity index is 0. The van der Waals surface area contributed by atoms with Gasteiger partial charge in [0, 0.05) is 0 Å². The Labute approximate surface area is 47.0 Å². The van der Waals surface area contributed by atoms with Crippen LogP contribution in [0, 0.1) is 0 Å². The lowest BCUT2D eigenvalue weighted by molar-refractivity contribution is -0.106. The van der Waals surface area contributed by atoms with Crippen molar-refractivity contribution in [2.45, 2.75) is 0 Å². The van der Waals surface area contributed by atoms with Crippen molar-refractivity contribution in [3.63, 3.8) is 0 Å². The molecule has 0 atom stereocenters. The minimum absolute atomic E-state index is 0. The SMILES string of the molecule is Cl.NC(N)=NC=O. The van der Waals surface area contributed by atoms with Crippen LogP contribution in [0.25, 0.3) is 0 Å². The Morgan fingerprint density at radius 1 is 1.57 bits per heavy atom. The lowest BCUT2D eigenvalue weighted by Crippen LogP contribution is -2.22. The number of amides is 1. The molecule has 0 fully saturated rings. The lowest BCUT2D eigenvalue weighted by atomic mass is 11.1. The number of hydrogen-bond acceptors (Lipinski definition) is 1. The smallest absolute Gasteiger partial charge is 0.236 e. The molecule has 4 nitrogen and oxygen atoms in total. The van der Waals surface area contributed by atoms with Gasteiger partial charge < -0.3 is 11.5 Å². The topological polar surface area (TPSA) is 81.5 Å². The molecule has 1 amide bonds. The Hall–Kier alpha value is -0.770. The molecule has 0 saturated carbocycles. The quantitative estimate of drug-likeness (QED) is 0.262. The zero-order valence-corrected chi connectivity index (χ0v) is 4.31. The van der Waals surface area contributed by atoms with Crippen LogP contribution in [0.1, 0.15) is 0 Å². The lowest BCUT2D eigenvalue weighted by Gasteiger charge is -1.76. The van der Waals surface area contributed by atoms with E-state index >= 15 is 0 Å². The highest BCUT2D eigenvalue weighted by Gasteiger charge is 1.67. The minimum Gasteiger partial charge on any atom is -0.370 e. The number of carbonyl (C=O) groups is 1. The van der Waals surface area contributed by atoms with E-state index in [1.807, 2.05) is 0 Å². The Morgan fingerprint density at radius 3 is 2.00 bits per heavy atom. The average Bonchev–Trinajstić information content (AvgIpc) is 1.35. The summed E-state index contributed by atoms with van der Waals surface area (Å²) < 4.78 is 0. The summed E-state index contributed by atoms with van der Waals surface area (Å²) in [4.78, 5) is 12.2. The number of nitrogens with zero attached hydrogens (tertiary/aromatic N) is 1. The molecule has 4 N–H and O–H groups in total. The Morgan fingerprint density at radius 2 is 2.00 bits per heavy atom. The van der Waals surface area contributed by atoms with Crippen molar-refractivity contribution in [1.29, 1.82) is 0 Å². The van der Waals surface area contributed by atoms with E-state index < -0.39 is 0 Å². The van der Waals surface area contributed by atoms with E-state index in [1.165, 1.54) is 0 Å². The summed E-state index contributed by atoms with van der Waals surface area (Å²) in [6.07, 6.45) is 0.287. The number of nitrogens with two attached hydrogens (primary N) is 2. The normalized spacial score (nSPS) is 5.71. The van der Waals surface area contributed by atoms with Gasteiger partial charge in [-0.25, -0.2) is 0 Å². The molecule has 0 aliphatic heterocycles. The first-order chi connectivity index (χ1) is 2.77. The number of hydrogen-bond donors (Lipinski definition) is 2. The fraction of sp³-hybridized carbons (Fsp3) is 0. The van der Waals surface area contributed by atoms with Gasteiger partial charge in [0.25, 0.3) is 0 Å². The van der Waals surface area contributed by atoms with Crippen molar-refractivity contribution in [3.05, 3.63) is 0 Å². The summed E-state index contributed by atoms with van der Waals surface area (Å²) in [6, 6.07) is 0. The predicted molar refractivity (Wildman–Crippen MR) is 29.1 cm³/mol. The molecule has 0 aromatic carbocycles. The van der Waals surface area contributed by atoms with Crippen LogP contribution in [0.2, 0.25) is 0 Å². The number of guanidine groups is 1. The van der Waals surface area contributed by atoms with Crippen molar-refractivity contribution in [3.8, 4) is 0 Å². The summed E-state index contributed by atoms with van der Waals surface area (Å²) in [7, 11) is 0. The van der Waals surface area contributed by atoms with E-state index in [1.54, 1.807) is 0 Å². The van der Waals surface area contributed by atoms with Crippen molar-refractivity contribution >= 4 is 24.8 Å². The Bertz CT molecular complexity index is 77.0. The van der Waals surface area contributed by atoms with Gasteiger partial charge in [-0.15, -0.1) is 12.4 Å². The van der Waals surface area contributed by atoms with Crippen LogP contribution in [0.15, 0.2) is 4.99 Å². The molecule has 0 saturated heterocycles. The maximum Gasteiger partial charge on any atom is 0.236 e. The van der Waals surface area contributed by atoms with E-state index in [9.17, 15) is 4.79 Å². The second-order valence-corrected chi connectivity index (χ2v) is 0.659. The molecule has 0 bridgehead atoms. The molecule has 0 aliphatic carbocycles. The minimum atomic E-state index is -0.204. The second kappa shape index (κ2) is 5.23. The van der Waals surface area contributed by atoms with Gasteiger partial charge in [0.05, 0.1) is 0 Å². The molecule has 5 heteroatoms. The van der Waals surface area contributed by atoms with E-state index in [2.05, 4.69) is 4.99 Å². The van der Waals surface area contributed by atoms with Gasteiger partial charge in [-0.2, -0.15) is 4.99 Å². The van der Waals surface area contributed by atoms with Crippen LogP contribution in [-0.4, -0.2) is 12.4 Å². The van der Waals surface area contributed by atoms with Gasteiger partial charge in [-0.1, -0.05) is 0 Å². The third-order valence-corrected chi connectivity index (χ3v) is 0.202. The van der Waals surface area contributed by atoms with Crippen LogP contribution in [0.3, 0.4) is 0 Å². The zero-order chi connectivity index (χ0) is 4.99. The highest BCUT2D eigenvalue weighted by Crippen LogP contribution is 1.45. The molecule has 0 rings (SSSR count). The zero-order valence-electron chi connectivity index (χ0n) is 3.50.